The number of hydrogen-bond donors (Lipinski definition) is 2. The van der Waals surface area contributed by atoms with Gasteiger partial charge in [0, 0.05) is 13.1 Å². The van der Waals surface area contributed by atoms with Crippen LogP contribution in [0, 0.1) is 5.82 Å². The SMILES string of the molecule is CCNC(=NCc1cccc(F)c1)NCCc1ccc(OC)c(OC)c1.I. The minimum Gasteiger partial charge on any atom is -0.493 e. The zero-order valence-corrected chi connectivity index (χ0v) is 18.3. The number of benzene rings is 2. The predicted octanol–water partition coefficient (Wildman–Crippen LogP) is 3.76. The van der Waals surface area contributed by atoms with Crippen molar-refractivity contribution in [2.24, 2.45) is 4.99 Å². The van der Waals surface area contributed by atoms with Crippen molar-refractivity contribution in [1.82, 2.24) is 10.6 Å². The Morgan fingerprint density at radius 2 is 1.78 bits per heavy atom. The molecule has 0 bridgehead atoms. The molecule has 2 N–H and O–H groups in total. The lowest BCUT2D eigenvalue weighted by Gasteiger charge is -2.13. The van der Waals surface area contributed by atoms with E-state index in [1.165, 1.54) is 12.1 Å². The molecular formula is C20H27FIN3O2. The quantitative estimate of drug-likeness (QED) is 0.339. The molecule has 0 amide bonds. The van der Waals surface area contributed by atoms with Crippen LogP contribution >= 0.6 is 24.0 Å². The molecule has 0 heterocycles. The van der Waals surface area contributed by atoms with E-state index in [9.17, 15) is 4.39 Å². The van der Waals surface area contributed by atoms with E-state index in [4.69, 9.17) is 9.47 Å². The van der Waals surface area contributed by atoms with Crippen molar-refractivity contribution < 1.29 is 13.9 Å². The summed E-state index contributed by atoms with van der Waals surface area (Å²) < 4.78 is 23.8. The molecule has 2 aromatic rings. The highest BCUT2D eigenvalue weighted by Crippen LogP contribution is 2.27. The van der Waals surface area contributed by atoms with Gasteiger partial charge in [-0.15, -0.1) is 24.0 Å². The molecule has 27 heavy (non-hydrogen) atoms. The van der Waals surface area contributed by atoms with Crippen LogP contribution in [0.4, 0.5) is 4.39 Å². The van der Waals surface area contributed by atoms with Gasteiger partial charge in [-0.25, -0.2) is 9.38 Å². The molecule has 0 saturated heterocycles. The van der Waals surface area contributed by atoms with Gasteiger partial charge < -0.3 is 20.1 Å². The smallest absolute Gasteiger partial charge is 0.191 e. The summed E-state index contributed by atoms with van der Waals surface area (Å²) in [5.74, 6) is 1.90. The lowest BCUT2D eigenvalue weighted by Crippen LogP contribution is -2.38. The van der Waals surface area contributed by atoms with E-state index in [2.05, 4.69) is 15.6 Å². The van der Waals surface area contributed by atoms with Crippen LogP contribution < -0.4 is 20.1 Å². The number of rotatable bonds is 8. The van der Waals surface area contributed by atoms with Crippen molar-refractivity contribution in [3.8, 4) is 11.5 Å². The maximum Gasteiger partial charge on any atom is 0.191 e. The number of nitrogens with one attached hydrogen (secondary N) is 2. The molecule has 0 radical (unpaired) electrons. The Balaban J connectivity index is 0.00000364. The maximum atomic E-state index is 13.2. The van der Waals surface area contributed by atoms with E-state index in [0.717, 1.165) is 29.8 Å². The van der Waals surface area contributed by atoms with Crippen molar-refractivity contribution >= 4 is 29.9 Å². The number of aliphatic imine (C=N–C) groups is 1. The van der Waals surface area contributed by atoms with Crippen molar-refractivity contribution in [2.45, 2.75) is 19.9 Å². The molecule has 0 fully saturated rings. The van der Waals surface area contributed by atoms with Crippen molar-refractivity contribution in [2.75, 3.05) is 27.3 Å². The topological polar surface area (TPSA) is 54.9 Å². The van der Waals surface area contributed by atoms with Gasteiger partial charge in [-0.05, 0) is 48.7 Å². The summed E-state index contributed by atoms with van der Waals surface area (Å²) in [7, 11) is 3.25. The average molecular weight is 487 g/mol. The molecule has 0 unspecified atom stereocenters. The molecule has 148 valence electrons. The molecule has 0 aliphatic carbocycles. The fraction of sp³-hybridized carbons (Fsp3) is 0.350. The Bertz CT molecular complexity index is 741. The van der Waals surface area contributed by atoms with Gasteiger partial charge in [0.05, 0.1) is 20.8 Å². The molecule has 0 aromatic heterocycles. The second-order valence-electron chi connectivity index (χ2n) is 5.69. The number of halogens is 2. The van der Waals surface area contributed by atoms with Gasteiger partial charge in [0.25, 0.3) is 0 Å². The molecule has 0 atom stereocenters. The van der Waals surface area contributed by atoms with Crippen molar-refractivity contribution in [1.29, 1.82) is 0 Å². The third-order valence-electron chi connectivity index (χ3n) is 3.81. The van der Waals surface area contributed by atoms with Gasteiger partial charge >= 0.3 is 0 Å². The van der Waals surface area contributed by atoms with Gasteiger partial charge in [-0.3, -0.25) is 0 Å². The average Bonchev–Trinajstić information content (AvgIpc) is 2.66. The zero-order chi connectivity index (χ0) is 18.8. The van der Waals surface area contributed by atoms with Crippen LogP contribution in [0.3, 0.4) is 0 Å². The van der Waals surface area contributed by atoms with E-state index in [1.807, 2.05) is 31.2 Å². The molecule has 5 nitrogen and oxygen atoms in total. The van der Waals surface area contributed by atoms with Crippen LogP contribution in [-0.2, 0) is 13.0 Å². The molecule has 2 rings (SSSR count). The largest absolute Gasteiger partial charge is 0.493 e. The Hall–Kier alpha value is -2.03. The molecule has 0 saturated carbocycles. The summed E-state index contributed by atoms with van der Waals surface area (Å²) in [5.41, 5.74) is 1.97. The summed E-state index contributed by atoms with van der Waals surface area (Å²) >= 11 is 0. The Labute approximate surface area is 177 Å². The molecule has 7 heteroatoms. The summed E-state index contributed by atoms with van der Waals surface area (Å²) in [6, 6.07) is 12.4. The highest BCUT2D eigenvalue weighted by atomic mass is 127. The second-order valence-corrected chi connectivity index (χ2v) is 5.69. The van der Waals surface area contributed by atoms with E-state index >= 15 is 0 Å². The van der Waals surface area contributed by atoms with Gasteiger partial charge in [0.1, 0.15) is 5.82 Å². The number of hydrogen-bond acceptors (Lipinski definition) is 3. The zero-order valence-electron chi connectivity index (χ0n) is 15.9. The molecular weight excluding hydrogens is 460 g/mol. The standard InChI is InChI=1S/C20H26FN3O2.HI/c1-4-22-20(24-14-16-6-5-7-17(21)12-16)23-11-10-15-8-9-18(25-2)19(13-15)26-3;/h5-9,12-13H,4,10-11,14H2,1-3H3,(H2,22,23,24);1H. The van der Waals surface area contributed by atoms with Crippen LogP contribution in [0.25, 0.3) is 0 Å². The summed E-state index contributed by atoms with van der Waals surface area (Å²) in [6.45, 7) is 3.90. The maximum absolute atomic E-state index is 13.2. The lowest BCUT2D eigenvalue weighted by molar-refractivity contribution is 0.354. The number of nitrogens with zero attached hydrogens (tertiary/aromatic N) is 1. The summed E-state index contributed by atoms with van der Waals surface area (Å²) in [5, 5.41) is 6.49. The second kappa shape index (κ2) is 12.4. The normalized spacial score (nSPS) is 10.7. The van der Waals surface area contributed by atoms with E-state index in [-0.39, 0.29) is 29.8 Å². The van der Waals surface area contributed by atoms with Crippen LogP contribution in [0.15, 0.2) is 47.5 Å². The van der Waals surface area contributed by atoms with E-state index < -0.39 is 0 Å². The van der Waals surface area contributed by atoms with Crippen LogP contribution in [0.2, 0.25) is 0 Å². The molecule has 0 aliphatic rings. The van der Waals surface area contributed by atoms with E-state index in [0.29, 0.717) is 24.8 Å². The first-order valence-electron chi connectivity index (χ1n) is 8.63. The van der Waals surface area contributed by atoms with Crippen LogP contribution in [0.5, 0.6) is 11.5 Å². The van der Waals surface area contributed by atoms with Gasteiger partial charge in [-0.1, -0.05) is 18.2 Å². The number of ether oxygens (including phenoxy) is 2. The van der Waals surface area contributed by atoms with Gasteiger partial charge in [0.15, 0.2) is 17.5 Å². The minimum absolute atomic E-state index is 0. The van der Waals surface area contributed by atoms with Gasteiger partial charge in [-0.2, -0.15) is 0 Å². The molecule has 2 aromatic carbocycles. The fourth-order valence-electron chi connectivity index (χ4n) is 2.51. The Morgan fingerprint density at radius 1 is 1.00 bits per heavy atom. The third-order valence-corrected chi connectivity index (χ3v) is 3.81. The summed E-state index contributed by atoms with van der Waals surface area (Å²) in [6.07, 6.45) is 0.810. The van der Waals surface area contributed by atoms with Crippen molar-refractivity contribution in [3.05, 3.63) is 59.4 Å². The first-order chi connectivity index (χ1) is 12.7. The highest BCUT2D eigenvalue weighted by molar-refractivity contribution is 14.0. The predicted molar refractivity (Wildman–Crippen MR) is 118 cm³/mol. The van der Waals surface area contributed by atoms with Crippen LogP contribution in [-0.4, -0.2) is 33.3 Å². The first-order valence-corrected chi connectivity index (χ1v) is 8.63. The van der Waals surface area contributed by atoms with Crippen molar-refractivity contribution in [3.63, 3.8) is 0 Å². The summed E-state index contributed by atoms with van der Waals surface area (Å²) in [4.78, 5) is 4.50. The Morgan fingerprint density at radius 3 is 2.44 bits per heavy atom. The Kier molecular flexibility index (Phi) is 10.5. The minimum atomic E-state index is -0.246. The third kappa shape index (κ3) is 7.62. The molecule has 0 spiro atoms. The number of methoxy groups -OCH3 is 2. The molecule has 0 aliphatic heterocycles. The van der Waals surface area contributed by atoms with Gasteiger partial charge in [0.2, 0.25) is 0 Å². The highest BCUT2D eigenvalue weighted by Gasteiger charge is 2.05. The monoisotopic (exact) mass is 487 g/mol. The fourth-order valence-corrected chi connectivity index (χ4v) is 2.51. The van der Waals surface area contributed by atoms with E-state index in [1.54, 1.807) is 20.3 Å². The first kappa shape index (κ1) is 23.0. The number of guanidine groups is 1. The lowest BCUT2D eigenvalue weighted by atomic mass is 10.1. The van der Waals surface area contributed by atoms with Crippen LogP contribution in [0.1, 0.15) is 18.1 Å².